The second-order valence-corrected chi connectivity index (χ2v) is 14.4. The minimum Gasteiger partial charge on any atom is -0.248 e. The van der Waals surface area contributed by atoms with E-state index in [2.05, 4.69) is 170 Å². The van der Waals surface area contributed by atoms with Gasteiger partial charge in [0.2, 0.25) is 0 Å². The molecule has 11 rings (SSSR count). The van der Waals surface area contributed by atoms with E-state index in [9.17, 15) is 0 Å². The van der Waals surface area contributed by atoms with E-state index in [4.69, 9.17) is 9.97 Å². The Labute approximate surface area is 298 Å². The van der Waals surface area contributed by atoms with E-state index < -0.39 is 0 Å². The number of rotatable bonds is 4. The number of hydrogen-bond donors (Lipinski definition) is 0. The second-order valence-electron chi connectivity index (χ2n) is 13.3. The molecule has 0 radical (unpaired) electrons. The zero-order valence-corrected chi connectivity index (χ0v) is 28.3. The Kier molecular flexibility index (Phi) is 6.16. The van der Waals surface area contributed by atoms with Crippen LogP contribution in [-0.2, 0) is 0 Å². The van der Waals surface area contributed by atoms with Crippen molar-refractivity contribution >= 4 is 74.7 Å². The molecule has 0 fully saturated rings. The van der Waals surface area contributed by atoms with Crippen molar-refractivity contribution in [2.24, 2.45) is 0 Å². The number of pyridine rings is 2. The summed E-state index contributed by atoms with van der Waals surface area (Å²) in [5.74, 6) is 0. The van der Waals surface area contributed by atoms with Gasteiger partial charge >= 0.3 is 0 Å². The van der Waals surface area contributed by atoms with Crippen molar-refractivity contribution in [3.05, 3.63) is 170 Å². The van der Waals surface area contributed by atoms with Crippen LogP contribution in [-0.4, -0.2) is 9.97 Å². The lowest BCUT2D eigenvalue weighted by atomic mass is 9.90. The molecular weight excluding hydrogens is 637 g/mol. The number of nitrogens with zero attached hydrogens (tertiary/aromatic N) is 2. The van der Waals surface area contributed by atoms with Crippen molar-refractivity contribution in [3.63, 3.8) is 0 Å². The van der Waals surface area contributed by atoms with Gasteiger partial charge in [-0.3, -0.25) is 0 Å². The molecule has 51 heavy (non-hydrogen) atoms. The largest absolute Gasteiger partial charge is 0.248 e. The van der Waals surface area contributed by atoms with E-state index in [1.807, 2.05) is 11.3 Å². The van der Waals surface area contributed by atoms with Crippen LogP contribution in [0.2, 0.25) is 0 Å². The predicted octanol–water partition coefficient (Wildman–Crippen LogP) is 13.6. The highest BCUT2D eigenvalue weighted by atomic mass is 32.1. The Balaban J connectivity index is 1.10. The predicted molar refractivity (Wildman–Crippen MR) is 218 cm³/mol. The first-order chi connectivity index (χ1) is 25.3. The molecule has 8 aromatic carbocycles. The summed E-state index contributed by atoms with van der Waals surface area (Å²) in [6, 6.07) is 61.2. The van der Waals surface area contributed by atoms with Gasteiger partial charge in [-0.15, -0.1) is 11.3 Å². The standard InChI is InChI=1S/C48H28N2S/c1-2-9-30(10-3-1)41-27-35(28-42(49-41)36-25-23-33-20-19-31-11-8-12-32-24-26-37(36)45(33)44(31)32)29-17-21-34(22-18-29)47-46-39-14-5-7-16-43(39)51-48(46)38-13-4-6-15-40(38)50-47/h1-28H. The maximum atomic E-state index is 5.32. The highest BCUT2D eigenvalue weighted by Crippen LogP contribution is 2.44. The van der Waals surface area contributed by atoms with Crippen molar-refractivity contribution in [3.8, 4) is 44.9 Å². The fourth-order valence-electron chi connectivity index (χ4n) is 7.99. The van der Waals surface area contributed by atoms with Crippen LogP contribution in [0.3, 0.4) is 0 Å². The van der Waals surface area contributed by atoms with Crippen LogP contribution in [0.15, 0.2) is 170 Å². The second kappa shape index (κ2) is 11.0. The Bertz CT molecular complexity index is 3110. The molecule has 0 aliphatic heterocycles. The summed E-state index contributed by atoms with van der Waals surface area (Å²) in [6.07, 6.45) is 0. The maximum Gasteiger partial charge on any atom is 0.0802 e. The van der Waals surface area contributed by atoms with E-state index in [-0.39, 0.29) is 0 Å². The zero-order chi connectivity index (χ0) is 33.5. The van der Waals surface area contributed by atoms with Crippen LogP contribution in [0.5, 0.6) is 0 Å². The van der Waals surface area contributed by atoms with Crippen molar-refractivity contribution in [1.82, 2.24) is 9.97 Å². The average molecular weight is 665 g/mol. The summed E-state index contributed by atoms with van der Waals surface area (Å²) in [5, 5.41) is 11.3. The van der Waals surface area contributed by atoms with Crippen molar-refractivity contribution < 1.29 is 0 Å². The molecule has 0 bridgehead atoms. The van der Waals surface area contributed by atoms with Gasteiger partial charge in [-0.2, -0.15) is 0 Å². The molecule has 0 aliphatic rings. The average Bonchev–Trinajstić information content (AvgIpc) is 3.60. The van der Waals surface area contributed by atoms with Crippen molar-refractivity contribution in [2.45, 2.75) is 0 Å². The first kappa shape index (κ1) is 28.4. The molecule has 0 saturated carbocycles. The van der Waals surface area contributed by atoms with Crippen molar-refractivity contribution in [2.75, 3.05) is 0 Å². The third kappa shape index (κ3) is 4.42. The van der Waals surface area contributed by atoms with Gasteiger partial charge in [0, 0.05) is 42.2 Å². The fraction of sp³-hybridized carbons (Fsp3) is 0. The summed E-state index contributed by atoms with van der Waals surface area (Å²) in [4.78, 5) is 10.6. The zero-order valence-electron chi connectivity index (χ0n) is 27.5. The summed E-state index contributed by atoms with van der Waals surface area (Å²) >= 11 is 1.85. The molecule has 0 atom stereocenters. The summed E-state index contributed by atoms with van der Waals surface area (Å²) in [7, 11) is 0. The van der Waals surface area contributed by atoms with Crippen LogP contribution in [0.25, 0.3) is 108 Å². The van der Waals surface area contributed by atoms with Gasteiger partial charge in [0.1, 0.15) is 0 Å². The van der Waals surface area contributed by atoms with Gasteiger partial charge in [0.05, 0.1) is 22.6 Å². The molecule has 0 aliphatic carbocycles. The maximum absolute atomic E-state index is 5.32. The number of para-hydroxylation sites is 1. The van der Waals surface area contributed by atoms with E-state index in [0.717, 1.165) is 50.4 Å². The third-order valence-electron chi connectivity index (χ3n) is 10.4. The van der Waals surface area contributed by atoms with Gasteiger partial charge in [-0.1, -0.05) is 146 Å². The number of fused-ring (bicyclic) bond motifs is 5. The number of hydrogen-bond acceptors (Lipinski definition) is 3. The lowest BCUT2D eigenvalue weighted by Gasteiger charge is -2.15. The van der Waals surface area contributed by atoms with E-state index in [0.29, 0.717) is 0 Å². The van der Waals surface area contributed by atoms with Crippen LogP contribution in [0.4, 0.5) is 0 Å². The molecule has 0 saturated heterocycles. The Morgan fingerprint density at radius 3 is 1.88 bits per heavy atom. The smallest absolute Gasteiger partial charge is 0.0802 e. The number of benzene rings is 8. The summed E-state index contributed by atoms with van der Waals surface area (Å²) in [6.45, 7) is 0. The minimum atomic E-state index is 0.959. The van der Waals surface area contributed by atoms with E-state index in [1.54, 1.807) is 0 Å². The topological polar surface area (TPSA) is 25.8 Å². The molecule has 11 aromatic rings. The highest BCUT2D eigenvalue weighted by molar-refractivity contribution is 7.26. The van der Waals surface area contributed by atoms with Crippen molar-refractivity contribution in [1.29, 1.82) is 0 Å². The summed E-state index contributed by atoms with van der Waals surface area (Å²) < 4.78 is 2.58. The van der Waals surface area contributed by atoms with Gasteiger partial charge in [0.15, 0.2) is 0 Å². The van der Waals surface area contributed by atoms with Crippen LogP contribution >= 0.6 is 11.3 Å². The fourth-order valence-corrected chi connectivity index (χ4v) is 9.23. The molecule has 3 heteroatoms. The molecule has 3 aromatic heterocycles. The first-order valence-corrected chi connectivity index (χ1v) is 18.1. The molecule has 236 valence electrons. The first-order valence-electron chi connectivity index (χ1n) is 17.3. The van der Waals surface area contributed by atoms with Crippen LogP contribution < -0.4 is 0 Å². The van der Waals surface area contributed by atoms with Gasteiger partial charge in [-0.05, 0) is 67.7 Å². The lowest BCUT2D eigenvalue weighted by Crippen LogP contribution is -1.93. The SMILES string of the molecule is c1ccc(-c2cc(-c3ccc(-c4nc5ccccc5c5sc6ccccc6c45)cc3)cc(-c3ccc4ccc5cccc6ccc3c4c56)n2)cc1. The van der Waals surface area contributed by atoms with E-state index in [1.165, 1.54) is 57.9 Å². The normalized spacial score (nSPS) is 11.9. The van der Waals surface area contributed by atoms with Crippen LogP contribution in [0, 0.1) is 0 Å². The number of thiophene rings is 1. The lowest BCUT2D eigenvalue weighted by molar-refractivity contribution is 1.33. The van der Waals surface area contributed by atoms with Crippen LogP contribution in [0.1, 0.15) is 0 Å². The molecule has 2 nitrogen and oxygen atoms in total. The third-order valence-corrected chi connectivity index (χ3v) is 11.6. The monoisotopic (exact) mass is 664 g/mol. The quantitative estimate of drug-likeness (QED) is 0.175. The molecular formula is C48H28N2S. The number of aromatic nitrogens is 2. The van der Waals surface area contributed by atoms with Gasteiger partial charge in [0.25, 0.3) is 0 Å². The minimum absolute atomic E-state index is 0.959. The van der Waals surface area contributed by atoms with Gasteiger partial charge < -0.3 is 0 Å². The molecule has 0 amide bonds. The Morgan fingerprint density at radius 2 is 1.04 bits per heavy atom. The van der Waals surface area contributed by atoms with E-state index >= 15 is 0 Å². The Morgan fingerprint density at radius 1 is 0.373 bits per heavy atom. The molecule has 3 heterocycles. The molecule has 0 unspecified atom stereocenters. The highest BCUT2D eigenvalue weighted by Gasteiger charge is 2.18. The van der Waals surface area contributed by atoms with Gasteiger partial charge in [-0.25, -0.2) is 9.97 Å². The Hall–Kier alpha value is -6.42. The molecule has 0 spiro atoms. The molecule has 0 N–H and O–H groups in total. The summed E-state index contributed by atoms with van der Waals surface area (Å²) in [5.41, 5.74) is 9.61.